The molecule has 0 atom stereocenters. The number of hydrogen-bond acceptors (Lipinski definition) is 4. The van der Waals surface area contributed by atoms with E-state index < -0.39 is 0 Å². The molecule has 0 amide bonds. The van der Waals surface area contributed by atoms with Crippen LogP contribution in [-0.2, 0) is 16.1 Å². The monoisotopic (exact) mass is 171 g/mol. The highest BCUT2D eigenvalue weighted by atomic mass is 16.5. The Morgan fingerprint density at radius 2 is 2.42 bits per heavy atom. The summed E-state index contributed by atoms with van der Waals surface area (Å²) in [5.74, 6) is 0. The zero-order valence-corrected chi connectivity index (χ0v) is 7.16. The molecule has 0 N–H and O–H groups in total. The highest BCUT2D eigenvalue weighted by Gasteiger charge is 1.95. The van der Waals surface area contributed by atoms with Crippen LogP contribution in [0.1, 0.15) is 12.1 Å². The molecule has 4 heteroatoms. The summed E-state index contributed by atoms with van der Waals surface area (Å²) in [6.07, 6.45) is 2.45. The molecule has 0 saturated carbocycles. The molecule has 0 radical (unpaired) electrons. The van der Waals surface area contributed by atoms with Gasteiger partial charge in [-0.15, -0.1) is 0 Å². The zero-order valence-electron chi connectivity index (χ0n) is 7.16. The van der Waals surface area contributed by atoms with Gasteiger partial charge in [0.25, 0.3) is 0 Å². The molecular weight excluding hydrogens is 158 g/mol. The molecule has 0 saturated heterocycles. The van der Waals surface area contributed by atoms with Gasteiger partial charge in [0, 0.05) is 26.4 Å². The second-order valence-corrected chi connectivity index (χ2v) is 2.39. The van der Waals surface area contributed by atoms with Crippen molar-refractivity contribution in [2.75, 3.05) is 20.3 Å². The molecule has 1 aromatic rings. The third kappa shape index (κ3) is 3.50. The summed E-state index contributed by atoms with van der Waals surface area (Å²) in [4.78, 5) is 0. The number of methoxy groups -OCH3 is 1. The second-order valence-electron chi connectivity index (χ2n) is 2.39. The fourth-order valence-electron chi connectivity index (χ4n) is 0.794. The molecule has 1 heterocycles. The lowest BCUT2D eigenvalue weighted by Crippen LogP contribution is -1.99. The summed E-state index contributed by atoms with van der Waals surface area (Å²) < 4.78 is 14.8. The van der Waals surface area contributed by atoms with Crippen LogP contribution in [0.3, 0.4) is 0 Å². The van der Waals surface area contributed by atoms with Gasteiger partial charge in [-0.05, 0) is 6.42 Å². The standard InChI is InChI=1S/C8H13NO3/c1-10-4-2-5-11-7-8-3-6-12-9-8/h3,6H,2,4-5,7H2,1H3. The van der Waals surface area contributed by atoms with Crippen molar-refractivity contribution >= 4 is 0 Å². The first-order chi connectivity index (χ1) is 5.93. The average Bonchev–Trinajstić information content (AvgIpc) is 2.57. The van der Waals surface area contributed by atoms with E-state index >= 15 is 0 Å². The number of aromatic nitrogens is 1. The Bertz CT molecular complexity index is 186. The average molecular weight is 171 g/mol. The van der Waals surface area contributed by atoms with Crippen molar-refractivity contribution in [1.29, 1.82) is 0 Å². The Balaban J connectivity index is 1.96. The first-order valence-corrected chi connectivity index (χ1v) is 3.89. The molecule has 0 fully saturated rings. The van der Waals surface area contributed by atoms with E-state index in [9.17, 15) is 0 Å². The van der Waals surface area contributed by atoms with Gasteiger partial charge in [0.1, 0.15) is 12.0 Å². The van der Waals surface area contributed by atoms with Crippen LogP contribution >= 0.6 is 0 Å². The van der Waals surface area contributed by atoms with E-state index in [2.05, 4.69) is 9.68 Å². The van der Waals surface area contributed by atoms with Crippen molar-refractivity contribution in [3.63, 3.8) is 0 Å². The first-order valence-electron chi connectivity index (χ1n) is 3.89. The molecule has 4 nitrogen and oxygen atoms in total. The van der Waals surface area contributed by atoms with Crippen LogP contribution in [0.25, 0.3) is 0 Å². The van der Waals surface area contributed by atoms with E-state index in [0.29, 0.717) is 13.2 Å². The van der Waals surface area contributed by atoms with Gasteiger partial charge < -0.3 is 14.0 Å². The Kier molecular flexibility index (Phi) is 4.41. The number of rotatable bonds is 6. The lowest BCUT2D eigenvalue weighted by atomic mass is 10.4. The Hall–Kier alpha value is -0.870. The smallest absolute Gasteiger partial charge is 0.124 e. The van der Waals surface area contributed by atoms with Gasteiger partial charge in [0.2, 0.25) is 0 Å². The van der Waals surface area contributed by atoms with E-state index in [1.165, 1.54) is 6.26 Å². The van der Waals surface area contributed by atoms with Crippen molar-refractivity contribution < 1.29 is 14.0 Å². The van der Waals surface area contributed by atoms with E-state index in [1.807, 2.05) is 0 Å². The fraction of sp³-hybridized carbons (Fsp3) is 0.625. The maximum Gasteiger partial charge on any atom is 0.124 e. The Labute approximate surface area is 71.4 Å². The minimum absolute atomic E-state index is 0.514. The van der Waals surface area contributed by atoms with Gasteiger partial charge in [-0.3, -0.25) is 0 Å². The molecular formula is C8H13NO3. The molecule has 0 spiro atoms. The topological polar surface area (TPSA) is 44.5 Å². The van der Waals surface area contributed by atoms with Gasteiger partial charge in [-0.1, -0.05) is 5.16 Å². The molecule has 12 heavy (non-hydrogen) atoms. The van der Waals surface area contributed by atoms with Crippen LogP contribution in [0.5, 0.6) is 0 Å². The normalized spacial score (nSPS) is 10.4. The fourth-order valence-corrected chi connectivity index (χ4v) is 0.794. The summed E-state index contributed by atoms with van der Waals surface area (Å²) in [5.41, 5.74) is 0.826. The van der Waals surface area contributed by atoms with Crippen molar-refractivity contribution in [2.45, 2.75) is 13.0 Å². The van der Waals surface area contributed by atoms with Gasteiger partial charge in [-0.25, -0.2) is 0 Å². The summed E-state index contributed by atoms with van der Waals surface area (Å²) in [5, 5.41) is 3.70. The van der Waals surface area contributed by atoms with Crippen molar-refractivity contribution in [3.05, 3.63) is 18.0 Å². The maximum atomic E-state index is 5.28. The van der Waals surface area contributed by atoms with Crippen LogP contribution in [0.2, 0.25) is 0 Å². The van der Waals surface area contributed by atoms with E-state index in [4.69, 9.17) is 9.47 Å². The summed E-state index contributed by atoms with van der Waals surface area (Å²) in [6.45, 7) is 1.94. The van der Waals surface area contributed by atoms with Gasteiger partial charge in [0.15, 0.2) is 0 Å². The van der Waals surface area contributed by atoms with Crippen molar-refractivity contribution in [3.8, 4) is 0 Å². The van der Waals surface area contributed by atoms with Gasteiger partial charge >= 0.3 is 0 Å². The van der Waals surface area contributed by atoms with Gasteiger partial charge in [-0.2, -0.15) is 0 Å². The number of hydrogen-bond donors (Lipinski definition) is 0. The first kappa shape index (κ1) is 9.22. The quantitative estimate of drug-likeness (QED) is 0.604. The minimum Gasteiger partial charge on any atom is -0.385 e. The summed E-state index contributed by atoms with van der Waals surface area (Å²) >= 11 is 0. The SMILES string of the molecule is COCCCOCc1ccon1. The molecule has 1 aromatic heterocycles. The van der Waals surface area contributed by atoms with E-state index in [1.54, 1.807) is 13.2 Å². The third-order valence-corrected chi connectivity index (χ3v) is 1.38. The highest BCUT2D eigenvalue weighted by molar-refractivity contribution is 4.92. The van der Waals surface area contributed by atoms with E-state index in [-0.39, 0.29) is 0 Å². The largest absolute Gasteiger partial charge is 0.385 e. The number of ether oxygens (including phenoxy) is 2. The van der Waals surface area contributed by atoms with Crippen LogP contribution in [0, 0.1) is 0 Å². The summed E-state index contributed by atoms with van der Waals surface area (Å²) in [7, 11) is 1.68. The lowest BCUT2D eigenvalue weighted by Gasteiger charge is -1.99. The minimum atomic E-state index is 0.514. The zero-order chi connectivity index (χ0) is 8.65. The van der Waals surface area contributed by atoms with Crippen LogP contribution in [0.4, 0.5) is 0 Å². The molecule has 1 rings (SSSR count). The molecule has 0 aliphatic carbocycles. The van der Waals surface area contributed by atoms with Crippen molar-refractivity contribution in [2.24, 2.45) is 0 Å². The highest BCUT2D eigenvalue weighted by Crippen LogP contribution is 1.97. The lowest BCUT2D eigenvalue weighted by molar-refractivity contribution is 0.0895. The van der Waals surface area contributed by atoms with Crippen LogP contribution in [0.15, 0.2) is 16.9 Å². The Morgan fingerprint density at radius 3 is 3.08 bits per heavy atom. The summed E-state index contributed by atoms with van der Waals surface area (Å²) in [6, 6.07) is 1.79. The molecule has 0 bridgehead atoms. The predicted molar refractivity (Wildman–Crippen MR) is 42.7 cm³/mol. The third-order valence-electron chi connectivity index (χ3n) is 1.38. The molecule has 0 unspecified atom stereocenters. The van der Waals surface area contributed by atoms with Crippen molar-refractivity contribution in [1.82, 2.24) is 5.16 Å². The molecule has 0 aliphatic heterocycles. The predicted octanol–water partition coefficient (Wildman–Crippen LogP) is 1.23. The maximum absolute atomic E-state index is 5.28. The Morgan fingerprint density at radius 1 is 1.50 bits per heavy atom. The molecule has 0 aromatic carbocycles. The van der Waals surface area contributed by atoms with Crippen LogP contribution in [-0.4, -0.2) is 25.5 Å². The van der Waals surface area contributed by atoms with E-state index in [0.717, 1.165) is 18.7 Å². The molecule has 68 valence electrons. The number of nitrogens with zero attached hydrogens (tertiary/aromatic N) is 1. The van der Waals surface area contributed by atoms with Gasteiger partial charge in [0.05, 0.1) is 6.61 Å². The van der Waals surface area contributed by atoms with Crippen LogP contribution < -0.4 is 0 Å². The molecule has 0 aliphatic rings. The second kappa shape index (κ2) is 5.74.